The second kappa shape index (κ2) is 4.57. The second-order valence-corrected chi connectivity index (χ2v) is 3.60. The van der Waals surface area contributed by atoms with Gasteiger partial charge in [0, 0.05) is 6.04 Å². The molecule has 2 nitrogen and oxygen atoms in total. The maximum Gasteiger partial charge on any atom is 0.387 e. The average molecular weight is 213 g/mol. The Labute approximate surface area is 87.2 Å². The van der Waals surface area contributed by atoms with E-state index in [9.17, 15) is 8.78 Å². The first kappa shape index (κ1) is 10.4. The topological polar surface area (TPSA) is 21.3 Å². The average Bonchev–Trinajstić information content (AvgIpc) is 2.69. The third-order valence-corrected chi connectivity index (χ3v) is 2.55. The van der Waals surface area contributed by atoms with Crippen molar-refractivity contribution in [3.63, 3.8) is 0 Å². The molecule has 0 saturated carbocycles. The molecule has 1 saturated heterocycles. The summed E-state index contributed by atoms with van der Waals surface area (Å²) in [5.41, 5.74) is 1.02. The SMILES string of the molecule is FC(F)Oc1cccc([C@H]2CCCN2)c1. The van der Waals surface area contributed by atoms with Crippen LogP contribution in [0.25, 0.3) is 0 Å². The van der Waals surface area contributed by atoms with Gasteiger partial charge in [-0.2, -0.15) is 8.78 Å². The summed E-state index contributed by atoms with van der Waals surface area (Å²) in [6.07, 6.45) is 2.18. The number of hydrogen-bond donors (Lipinski definition) is 1. The van der Waals surface area contributed by atoms with Gasteiger partial charge >= 0.3 is 6.61 Å². The maximum absolute atomic E-state index is 12.0. The molecular formula is C11H13F2NO. The highest BCUT2D eigenvalue weighted by atomic mass is 19.3. The van der Waals surface area contributed by atoms with Crippen LogP contribution in [0.1, 0.15) is 24.4 Å². The molecule has 82 valence electrons. The monoisotopic (exact) mass is 213 g/mol. The summed E-state index contributed by atoms with van der Waals surface area (Å²) in [6, 6.07) is 7.18. The molecule has 15 heavy (non-hydrogen) atoms. The van der Waals surface area contributed by atoms with Crippen LogP contribution in [-0.4, -0.2) is 13.2 Å². The standard InChI is InChI=1S/C11H13F2NO/c12-11(13)15-9-4-1-3-8(7-9)10-5-2-6-14-10/h1,3-4,7,10-11,14H,2,5-6H2/t10-/m1/s1. The van der Waals surface area contributed by atoms with Crippen LogP contribution in [0.5, 0.6) is 5.75 Å². The molecule has 0 bridgehead atoms. The Balaban J connectivity index is 2.11. The smallest absolute Gasteiger partial charge is 0.387 e. The van der Waals surface area contributed by atoms with Crippen molar-refractivity contribution >= 4 is 0 Å². The molecule has 0 unspecified atom stereocenters. The van der Waals surface area contributed by atoms with E-state index < -0.39 is 6.61 Å². The van der Waals surface area contributed by atoms with Crippen molar-refractivity contribution in [1.82, 2.24) is 5.32 Å². The van der Waals surface area contributed by atoms with Gasteiger partial charge in [0.2, 0.25) is 0 Å². The van der Waals surface area contributed by atoms with Gasteiger partial charge in [0.05, 0.1) is 0 Å². The van der Waals surface area contributed by atoms with Gasteiger partial charge in [0.25, 0.3) is 0 Å². The summed E-state index contributed by atoms with van der Waals surface area (Å²) in [5.74, 6) is 0.233. The van der Waals surface area contributed by atoms with E-state index in [2.05, 4.69) is 10.1 Å². The van der Waals surface area contributed by atoms with Crippen LogP contribution < -0.4 is 10.1 Å². The van der Waals surface area contributed by atoms with Crippen molar-refractivity contribution in [1.29, 1.82) is 0 Å². The Bertz CT molecular complexity index is 324. The Morgan fingerprint density at radius 1 is 1.40 bits per heavy atom. The van der Waals surface area contributed by atoms with Crippen LogP contribution in [0.15, 0.2) is 24.3 Å². The van der Waals surface area contributed by atoms with E-state index in [1.54, 1.807) is 18.2 Å². The zero-order valence-corrected chi connectivity index (χ0v) is 8.25. The van der Waals surface area contributed by atoms with Gasteiger partial charge in [-0.1, -0.05) is 12.1 Å². The first-order valence-corrected chi connectivity index (χ1v) is 5.04. The summed E-state index contributed by atoms with van der Waals surface area (Å²) < 4.78 is 28.3. The minimum atomic E-state index is -2.75. The molecule has 1 aromatic rings. The lowest BCUT2D eigenvalue weighted by atomic mass is 10.1. The molecule has 1 heterocycles. The number of alkyl halides is 2. The Morgan fingerprint density at radius 3 is 2.93 bits per heavy atom. The lowest BCUT2D eigenvalue weighted by molar-refractivity contribution is -0.0499. The van der Waals surface area contributed by atoms with Gasteiger partial charge in [-0.15, -0.1) is 0 Å². The van der Waals surface area contributed by atoms with Gasteiger partial charge in [0.15, 0.2) is 0 Å². The van der Waals surface area contributed by atoms with Crippen molar-refractivity contribution in [2.45, 2.75) is 25.5 Å². The fourth-order valence-corrected chi connectivity index (χ4v) is 1.88. The van der Waals surface area contributed by atoms with Crippen LogP contribution in [0.3, 0.4) is 0 Å². The summed E-state index contributed by atoms with van der Waals surface area (Å²) in [6.45, 7) is -1.76. The van der Waals surface area contributed by atoms with Crippen LogP contribution in [0, 0.1) is 0 Å². The molecule has 4 heteroatoms. The van der Waals surface area contributed by atoms with Crippen molar-refractivity contribution in [3.05, 3.63) is 29.8 Å². The fraction of sp³-hybridized carbons (Fsp3) is 0.455. The lowest BCUT2D eigenvalue weighted by Crippen LogP contribution is -2.13. The fourth-order valence-electron chi connectivity index (χ4n) is 1.88. The van der Waals surface area contributed by atoms with Crippen molar-refractivity contribution < 1.29 is 13.5 Å². The van der Waals surface area contributed by atoms with E-state index in [1.807, 2.05) is 6.07 Å². The number of benzene rings is 1. The molecular weight excluding hydrogens is 200 g/mol. The summed E-state index contributed by atoms with van der Waals surface area (Å²) >= 11 is 0. The third kappa shape index (κ3) is 2.65. The van der Waals surface area contributed by atoms with Crippen molar-refractivity contribution in [2.24, 2.45) is 0 Å². The third-order valence-electron chi connectivity index (χ3n) is 2.55. The highest BCUT2D eigenvalue weighted by Gasteiger charge is 2.16. The molecule has 2 rings (SSSR count). The predicted octanol–water partition coefficient (Wildman–Crippen LogP) is 2.71. The zero-order chi connectivity index (χ0) is 10.7. The van der Waals surface area contributed by atoms with E-state index in [1.165, 1.54) is 0 Å². The van der Waals surface area contributed by atoms with Crippen LogP contribution in [0.4, 0.5) is 8.78 Å². The highest BCUT2D eigenvalue weighted by molar-refractivity contribution is 5.31. The normalized spacial score (nSPS) is 20.9. The van der Waals surface area contributed by atoms with Crippen LogP contribution in [0.2, 0.25) is 0 Å². The van der Waals surface area contributed by atoms with E-state index in [0.717, 1.165) is 24.9 Å². The van der Waals surface area contributed by atoms with Crippen LogP contribution in [-0.2, 0) is 0 Å². The molecule has 1 aliphatic rings. The molecule has 1 aromatic carbocycles. The van der Waals surface area contributed by atoms with Gasteiger partial charge in [-0.25, -0.2) is 0 Å². The van der Waals surface area contributed by atoms with Gasteiger partial charge < -0.3 is 10.1 Å². The van der Waals surface area contributed by atoms with Gasteiger partial charge in [-0.05, 0) is 37.1 Å². The van der Waals surface area contributed by atoms with Crippen molar-refractivity contribution in [3.8, 4) is 5.75 Å². The number of halogens is 2. The van der Waals surface area contributed by atoms with Gasteiger partial charge in [0.1, 0.15) is 5.75 Å². The first-order chi connectivity index (χ1) is 7.25. The Hall–Kier alpha value is -1.16. The largest absolute Gasteiger partial charge is 0.435 e. The molecule has 0 aliphatic carbocycles. The van der Waals surface area contributed by atoms with Crippen LogP contribution >= 0.6 is 0 Å². The number of ether oxygens (including phenoxy) is 1. The minimum absolute atomic E-state index is 0.233. The molecule has 1 aliphatic heterocycles. The quantitative estimate of drug-likeness (QED) is 0.833. The highest BCUT2D eigenvalue weighted by Crippen LogP contribution is 2.26. The van der Waals surface area contributed by atoms with Gasteiger partial charge in [-0.3, -0.25) is 0 Å². The number of hydrogen-bond acceptors (Lipinski definition) is 2. The van der Waals surface area contributed by atoms with E-state index >= 15 is 0 Å². The lowest BCUT2D eigenvalue weighted by Gasteiger charge is -2.12. The predicted molar refractivity (Wildman–Crippen MR) is 53.1 cm³/mol. The summed E-state index contributed by atoms with van der Waals surface area (Å²) in [4.78, 5) is 0. The molecule has 1 atom stereocenters. The number of rotatable bonds is 3. The second-order valence-electron chi connectivity index (χ2n) is 3.60. The molecule has 0 amide bonds. The first-order valence-electron chi connectivity index (χ1n) is 5.04. The molecule has 1 N–H and O–H groups in total. The molecule has 0 aromatic heterocycles. The minimum Gasteiger partial charge on any atom is -0.435 e. The molecule has 0 spiro atoms. The maximum atomic E-state index is 12.0. The van der Waals surface area contributed by atoms with Crippen molar-refractivity contribution in [2.75, 3.05) is 6.54 Å². The summed E-state index contributed by atoms with van der Waals surface area (Å²) in [5, 5.41) is 3.31. The Kier molecular flexibility index (Phi) is 3.16. The Morgan fingerprint density at radius 2 is 2.27 bits per heavy atom. The van der Waals surface area contributed by atoms with E-state index in [0.29, 0.717) is 0 Å². The van der Waals surface area contributed by atoms with E-state index in [4.69, 9.17) is 0 Å². The zero-order valence-electron chi connectivity index (χ0n) is 8.25. The van der Waals surface area contributed by atoms with E-state index in [-0.39, 0.29) is 11.8 Å². The number of nitrogens with one attached hydrogen (secondary N) is 1. The summed E-state index contributed by atoms with van der Waals surface area (Å²) in [7, 11) is 0. The molecule has 0 radical (unpaired) electrons. The molecule has 1 fully saturated rings.